The van der Waals surface area contributed by atoms with Crippen LogP contribution >= 0.6 is 0 Å². The molecular formula is C9H19N3O2. The average molecular weight is 201 g/mol. The summed E-state index contributed by atoms with van der Waals surface area (Å²) in [5, 5.41) is 7.58. The largest absolute Gasteiger partial charge is 0.460 e. The van der Waals surface area contributed by atoms with Crippen molar-refractivity contribution in [1.29, 1.82) is 5.41 Å². The quantitative estimate of drug-likeness (QED) is 0.387. The van der Waals surface area contributed by atoms with E-state index in [2.05, 4.69) is 0 Å². The van der Waals surface area contributed by atoms with E-state index in [1.807, 2.05) is 13.8 Å². The molecule has 5 heteroatoms. The van der Waals surface area contributed by atoms with E-state index >= 15 is 0 Å². The van der Waals surface area contributed by atoms with Crippen molar-refractivity contribution in [3.05, 3.63) is 0 Å². The molecule has 0 radical (unpaired) electrons. The average Bonchev–Trinajstić information content (AvgIpc) is 2.13. The van der Waals surface area contributed by atoms with Crippen molar-refractivity contribution in [3.63, 3.8) is 0 Å². The molecule has 0 aliphatic rings. The van der Waals surface area contributed by atoms with Gasteiger partial charge in [-0.1, -0.05) is 0 Å². The Hall–Kier alpha value is -1.10. The van der Waals surface area contributed by atoms with Crippen molar-refractivity contribution in [2.24, 2.45) is 5.73 Å². The van der Waals surface area contributed by atoms with Crippen molar-refractivity contribution in [3.8, 4) is 0 Å². The first-order valence-electron chi connectivity index (χ1n) is 4.77. The number of rotatable bonds is 4. The Morgan fingerprint density at radius 3 is 2.50 bits per heavy atom. The summed E-state index contributed by atoms with van der Waals surface area (Å²) in [6, 6.07) is 0.0791. The maximum Gasteiger partial charge on any atom is 0.373 e. The SMILES string of the molecule is CCOC(=O)C(=N)N(CCN)C(C)C. The monoisotopic (exact) mass is 201 g/mol. The highest BCUT2D eigenvalue weighted by molar-refractivity contribution is 6.33. The third-order valence-electron chi connectivity index (χ3n) is 1.75. The van der Waals surface area contributed by atoms with Crippen molar-refractivity contribution in [2.75, 3.05) is 19.7 Å². The van der Waals surface area contributed by atoms with E-state index in [1.54, 1.807) is 11.8 Å². The van der Waals surface area contributed by atoms with E-state index in [9.17, 15) is 4.79 Å². The molecule has 0 heterocycles. The summed E-state index contributed by atoms with van der Waals surface area (Å²) in [5.74, 6) is -0.707. The summed E-state index contributed by atoms with van der Waals surface area (Å²) in [5.41, 5.74) is 5.39. The van der Waals surface area contributed by atoms with E-state index in [-0.39, 0.29) is 18.5 Å². The van der Waals surface area contributed by atoms with Crippen LogP contribution in [0, 0.1) is 5.41 Å². The zero-order valence-electron chi connectivity index (χ0n) is 9.04. The predicted molar refractivity (Wildman–Crippen MR) is 55.3 cm³/mol. The second kappa shape index (κ2) is 6.37. The minimum Gasteiger partial charge on any atom is -0.460 e. The molecule has 0 aliphatic carbocycles. The lowest BCUT2D eigenvalue weighted by Crippen LogP contribution is -2.44. The van der Waals surface area contributed by atoms with Gasteiger partial charge in [0.15, 0.2) is 0 Å². The molecule has 82 valence electrons. The highest BCUT2D eigenvalue weighted by Crippen LogP contribution is 1.99. The molecule has 3 N–H and O–H groups in total. The second-order valence-electron chi connectivity index (χ2n) is 3.14. The zero-order chi connectivity index (χ0) is 11.1. The number of carbonyl (C=O) groups is 1. The Balaban J connectivity index is 4.35. The van der Waals surface area contributed by atoms with Crippen LogP contribution in [0.5, 0.6) is 0 Å². The smallest absolute Gasteiger partial charge is 0.373 e. The molecule has 0 atom stereocenters. The van der Waals surface area contributed by atoms with Gasteiger partial charge in [0, 0.05) is 19.1 Å². The van der Waals surface area contributed by atoms with Crippen molar-refractivity contribution >= 4 is 11.8 Å². The third-order valence-corrected chi connectivity index (χ3v) is 1.75. The minimum absolute atomic E-state index is 0.0791. The molecule has 0 aliphatic heterocycles. The topological polar surface area (TPSA) is 79.4 Å². The van der Waals surface area contributed by atoms with Crippen LogP contribution in [0.25, 0.3) is 0 Å². The van der Waals surface area contributed by atoms with Gasteiger partial charge in [-0.05, 0) is 20.8 Å². The number of amidine groups is 1. The fraction of sp³-hybridized carbons (Fsp3) is 0.778. The Bertz CT molecular complexity index is 204. The van der Waals surface area contributed by atoms with Gasteiger partial charge < -0.3 is 15.4 Å². The summed E-state index contributed by atoms with van der Waals surface area (Å²) < 4.78 is 4.74. The molecule has 0 aromatic rings. The van der Waals surface area contributed by atoms with Crippen molar-refractivity contribution in [2.45, 2.75) is 26.8 Å². The van der Waals surface area contributed by atoms with Gasteiger partial charge in [0.2, 0.25) is 5.84 Å². The summed E-state index contributed by atoms with van der Waals surface area (Å²) in [7, 11) is 0. The van der Waals surface area contributed by atoms with Crippen LogP contribution in [0.4, 0.5) is 0 Å². The van der Waals surface area contributed by atoms with Crippen molar-refractivity contribution < 1.29 is 9.53 Å². The van der Waals surface area contributed by atoms with Gasteiger partial charge in [-0.15, -0.1) is 0 Å². The van der Waals surface area contributed by atoms with Crippen LogP contribution in [0.2, 0.25) is 0 Å². The standard InChI is InChI=1S/C9H19N3O2/c1-4-14-9(13)8(11)12(6-5-10)7(2)3/h7,11H,4-6,10H2,1-3H3. The number of esters is 1. The van der Waals surface area contributed by atoms with Crippen LogP contribution in [0.15, 0.2) is 0 Å². The second-order valence-corrected chi connectivity index (χ2v) is 3.14. The molecule has 0 bridgehead atoms. The number of ether oxygens (including phenoxy) is 1. The number of nitrogens with two attached hydrogens (primary N) is 1. The molecular weight excluding hydrogens is 182 g/mol. The van der Waals surface area contributed by atoms with Crippen LogP contribution in [0.1, 0.15) is 20.8 Å². The molecule has 0 unspecified atom stereocenters. The van der Waals surface area contributed by atoms with Gasteiger partial charge >= 0.3 is 5.97 Å². The van der Waals surface area contributed by atoms with Crippen LogP contribution in [0.3, 0.4) is 0 Å². The Morgan fingerprint density at radius 1 is 1.57 bits per heavy atom. The van der Waals surface area contributed by atoms with E-state index in [4.69, 9.17) is 15.9 Å². The Kier molecular flexibility index (Phi) is 5.87. The van der Waals surface area contributed by atoms with Gasteiger partial charge in [0.05, 0.1) is 6.61 Å². The van der Waals surface area contributed by atoms with Gasteiger partial charge in [-0.2, -0.15) is 0 Å². The molecule has 0 amide bonds. The first-order chi connectivity index (χ1) is 6.54. The molecule has 14 heavy (non-hydrogen) atoms. The van der Waals surface area contributed by atoms with E-state index in [1.165, 1.54) is 0 Å². The van der Waals surface area contributed by atoms with E-state index in [0.717, 1.165) is 0 Å². The molecule has 0 rings (SSSR count). The van der Waals surface area contributed by atoms with Crippen LogP contribution in [-0.2, 0) is 9.53 Å². The molecule has 0 spiro atoms. The van der Waals surface area contributed by atoms with Gasteiger partial charge in [-0.3, -0.25) is 5.41 Å². The van der Waals surface area contributed by atoms with Crippen LogP contribution in [-0.4, -0.2) is 42.4 Å². The number of nitrogens with zero attached hydrogens (tertiary/aromatic N) is 1. The number of hydrogen-bond donors (Lipinski definition) is 2. The Labute approximate surface area is 84.7 Å². The molecule has 0 saturated heterocycles. The highest BCUT2D eigenvalue weighted by atomic mass is 16.5. The van der Waals surface area contributed by atoms with Gasteiger partial charge in [0.1, 0.15) is 0 Å². The maximum absolute atomic E-state index is 11.2. The fourth-order valence-corrected chi connectivity index (χ4v) is 1.08. The van der Waals surface area contributed by atoms with Gasteiger partial charge in [0.25, 0.3) is 0 Å². The normalized spacial score (nSPS) is 10.1. The fourth-order valence-electron chi connectivity index (χ4n) is 1.08. The maximum atomic E-state index is 11.2. The molecule has 0 aromatic carbocycles. The first kappa shape index (κ1) is 12.9. The first-order valence-corrected chi connectivity index (χ1v) is 4.77. The summed E-state index contributed by atoms with van der Waals surface area (Å²) in [6.07, 6.45) is 0. The summed E-state index contributed by atoms with van der Waals surface area (Å²) >= 11 is 0. The minimum atomic E-state index is -0.588. The third kappa shape index (κ3) is 3.74. The predicted octanol–water partition coefficient (Wildman–Crippen LogP) is 0.196. The lowest BCUT2D eigenvalue weighted by atomic mass is 10.3. The van der Waals surface area contributed by atoms with E-state index < -0.39 is 5.97 Å². The van der Waals surface area contributed by atoms with E-state index in [0.29, 0.717) is 13.1 Å². The lowest BCUT2D eigenvalue weighted by molar-refractivity contribution is -0.136. The number of hydrogen-bond acceptors (Lipinski definition) is 4. The molecule has 5 nitrogen and oxygen atoms in total. The number of nitrogens with one attached hydrogen (secondary N) is 1. The van der Waals surface area contributed by atoms with Crippen LogP contribution < -0.4 is 5.73 Å². The zero-order valence-corrected chi connectivity index (χ0v) is 9.04. The van der Waals surface area contributed by atoms with Crippen molar-refractivity contribution in [1.82, 2.24) is 4.90 Å². The molecule has 0 aromatic heterocycles. The molecule has 0 fully saturated rings. The highest BCUT2D eigenvalue weighted by Gasteiger charge is 2.20. The van der Waals surface area contributed by atoms with Gasteiger partial charge in [-0.25, -0.2) is 4.79 Å². The summed E-state index contributed by atoms with van der Waals surface area (Å²) in [6.45, 7) is 6.73. The lowest BCUT2D eigenvalue weighted by Gasteiger charge is -2.27. The molecule has 0 saturated carbocycles. The summed E-state index contributed by atoms with van der Waals surface area (Å²) in [4.78, 5) is 12.9. The number of carbonyl (C=O) groups excluding carboxylic acids is 1. The Morgan fingerprint density at radius 2 is 2.14 bits per heavy atom.